The van der Waals surface area contributed by atoms with Gasteiger partial charge in [-0.1, -0.05) is 26.8 Å². The standard InChI is InChI=1S/C16H23N5O/c1-12-17-8-9-21(12)14-13(6-5-7-18-14)10-19-15(22)20-11-16(2,3)4/h5-9H,10-11H2,1-4H3,(H2,19,20,22). The van der Waals surface area contributed by atoms with Crippen molar-refractivity contribution in [2.24, 2.45) is 5.41 Å². The van der Waals surface area contributed by atoms with E-state index in [0.29, 0.717) is 13.1 Å². The van der Waals surface area contributed by atoms with Crippen LogP contribution in [0.15, 0.2) is 30.7 Å². The number of nitrogens with zero attached hydrogens (tertiary/aromatic N) is 3. The summed E-state index contributed by atoms with van der Waals surface area (Å²) in [5, 5.41) is 5.74. The summed E-state index contributed by atoms with van der Waals surface area (Å²) in [6.45, 7) is 9.19. The number of urea groups is 1. The molecule has 2 aromatic heterocycles. The number of carbonyl (C=O) groups excluding carboxylic acids is 1. The molecule has 0 aromatic carbocycles. The Hall–Kier alpha value is -2.37. The topological polar surface area (TPSA) is 71.8 Å². The maximum absolute atomic E-state index is 11.9. The largest absolute Gasteiger partial charge is 0.338 e. The van der Waals surface area contributed by atoms with Crippen LogP contribution >= 0.6 is 0 Å². The third-order valence-electron chi connectivity index (χ3n) is 3.14. The second kappa shape index (κ2) is 6.60. The molecule has 0 spiro atoms. The van der Waals surface area contributed by atoms with Gasteiger partial charge in [0.25, 0.3) is 0 Å². The number of aromatic nitrogens is 3. The third-order valence-corrected chi connectivity index (χ3v) is 3.14. The van der Waals surface area contributed by atoms with Gasteiger partial charge in [0.05, 0.1) is 0 Å². The molecule has 2 aromatic rings. The van der Waals surface area contributed by atoms with E-state index in [9.17, 15) is 4.79 Å². The number of amides is 2. The summed E-state index contributed by atoms with van der Waals surface area (Å²) < 4.78 is 1.91. The molecule has 2 amide bonds. The number of hydrogen-bond acceptors (Lipinski definition) is 3. The molecule has 0 atom stereocenters. The Bertz CT molecular complexity index is 642. The predicted molar refractivity (Wildman–Crippen MR) is 85.8 cm³/mol. The zero-order chi connectivity index (χ0) is 16.2. The average molecular weight is 301 g/mol. The van der Waals surface area contributed by atoms with Crippen LogP contribution in [0.25, 0.3) is 5.82 Å². The Labute approximate surface area is 131 Å². The van der Waals surface area contributed by atoms with Crippen molar-refractivity contribution < 1.29 is 4.79 Å². The summed E-state index contributed by atoms with van der Waals surface area (Å²) >= 11 is 0. The van der Waals surface area contributed by atoms with E-state index in [-0.39, 0.29) is 11.4 Å². The van der Waals surface area contributed by atoms with Gasteiger partial charge in [0, 0.05) is 37.2 Å². The molecule has 0 bridgehead atoms. The van der Waals surface area contributed by atoms with E-state index in [1.54, 1.807) is 12.4 Å². The van der Waals surface area contributed by atoms with Gasteiger partial charge >= 0.3 is 6.03 Å². The minimum Gasteiger partial charge on any atom is -0.338 e. The van der Waals surface area contributed by atoms with Gasteiger partial charge in [-0.05, 0) is 18.4 Å². The fourth-order valence-corrected chi connectivity index (χ4v) is 1.97. The molecule has 2 rings (SSSR count). The van der Waals surface area contributed by atoms with Gasteiger partial charge < -0.3 is 10.6 Å². The van der Waals surface area contributed by atoms with Gasteiger partial charge in [-0.2, -0.15) is 0 Å². The number of imidazole rings is 1. The molecule has 118 valence electrons. The van der Waals surface area contributed by atoms with Gasteiger partial charge in [0.2, 0.25) is 0 Å². The van der Waals surface area contributed by atoms with E-state index < -0.39 is 0 Å². The molecule has 2 heterocycles. The lowest BCUT2D eigenvalue weighted by atomic mass is 9.97. The fourth-order valence-electron chi connectivity index (χ4n) is 1.97. The average Bonchev–Trinajstić information content (AvgIpc) is 2.88. The summed E-state index contributed by atoms with van der Waals surface area (Å²) in [6, 6.07) is 3.64. The Balaban J connectivity index is 2.02. The molecule has 2 N–H and O–H groups in total. The van der Waals surface area contributed by atoms with Crippen molar-refractivity contribution in [3.05, 3.63) is 42.1 Å². The second-order valence-corrected chi connectivity index (χ2v) is 6.43. The lowest BCUT2D eigenvalue weighted by Crippen LogP contribution is -2.39. The van der Waals surface area contributed by atoms with Crippen LogP contribution in [0.4, 0.5) is 4.79 Å². The van der Waals surface area contributed by atoms with Crippen LogP contribution in [0, 0.1) is 12.3 Å². The van der Waals surface area contributed by atoms with Crippen molar-refractivity contribution in [2.75, 3.05) is 6.54 Å². The second-order valence-electron chi connectivity index (χ2n) is 6.43. The van der Waals surface area contributed by atoms with Gasteiger partial charge in [-0.25, -0.2) is 14.8 Å². The first-order valence-corrected chi connectivity index (χ1v) is 7.33. The van der Waals surface area contributed by atoms with Crippen LogP contribution in [-0.2, 0) is 6.54 Å². The molecular formula is C16H23N5O. The Kier molecular flexibility index (Phi) is 4.80. The quantitative estimate of drug-likeness (QED) is 0.911. The number of hydrogen-bond donors (Lipinski definition) is 2. The highest BCUT2D eigenvalue weighted by Gasteiger charge is 2.13. The molecule has 0 aliphatic rings. The lowest BCUT2D eigenvalue weighted by molar-refractivity contribution is 0.235. The van der Waals surface area contributed by atoms with E-state index in [1.807, 2.05) is 29.8 Å². The number of nitrogens with one attached hydrogen (secondary N) is 2. The number of carbonyl (C=O) groups is 1. The van der Waals surface area contributed by atoms with Crippen LogP contribution in [0.3, 0.4) is 0 Å². The minimum absolute atomic E-state index is 0.0602. The van der Waals surface area contributed by atoms with Crippen LogP contribution in [0.2, 0.25) is 0 Å². The Morgan fingerprint density at radius 2 is 2.00 bits per heavy atom. The summed E-state index contributed by atoms with van der Waals surface area (Å²) in [6.07, 6.45) is 5.33. The molecule has 6 heteroatoms. The first-order chi connectivity index (χ1) is 10.4. The highest BCUT2D eigenvalue weighted by atomic mass is 16.2. The smallest absolute Gasteiger partial charge is 0.315 e. The lowest BCUT2D eigenvalue weighted by Gasteiger charge is -2.19. The molecule has 0 aliphatic carbocycles. The SMILES string of the molecule is Cc1nccn1-c1ncccc1CNC(=O)NCC(C)(C)C. The highest BCUT2D eigenvalue weighted by Crippen LogP contribution is 2.13. The molecule has 0 unspecified atom stereocenters. The van der Waals surface area contributed by atoms with E-state index in [1.165, 1.54) is 0 Å². The van der Waals surface area contributed by atoms with Crippen molar-refractivity contribution >= 4 is 6.03 Å². The highest BCUT2D eigenvalue weighted by molar-refractivity contribution is 5.73. The molecule has 0 aliphatic heterocycles. The zero-order valence-corrected chi connectivity index (χ0v) is 13.6. The number of pyridine rings is 1. The van der Waals surface area contributed by atoms with Crippen LogP contribution in [0.1, 0.15) is 32.2 Å². The van der Waals surface area contributed by atoms with Gasteiger partial charge in [-0.3, -0.25) is 4.57 Å². The van der Waals surface area contributed by atoms with Crippen molar-refractivity contribution in [3.63, 3.8) is 0 Å². The Morgan fingerprint density at radius 3 is 2.64 bits per heavy atom. The molecule has 0 radical (unpaired) electrons. The first kappa shape index (κ1) is 16.0. The van der Waals surface area contributed by atoms with Crippen LogP contribution in [-0.4, -0.2) is 27.1 Å². The van der Waals surface area contributed by atoms with Crippen molar-refractivity contribution in [2.45, 2.75) is 34.2 Å². The van der Waals surface area contributed by atoms with Crippen LogP contribution in [0.5, 0.6) is 0 Å². The van der Waals surface area contributed by atoms with Crippen LogP contribution < -0.4 is 10.6 Å². The van der Waals surface area contributed by atoms with Crippen molar-refractivity contribution in [1.82, 2.24) is 25.2 Å². The van der Waals surface area contributed by atoms with Gasteiger partial charge in [0.15, 0.2) is 0 Å². The zero-order valence-electron chi connectivity index (χ0n) is 13.6. The molecule has 6 nitrogen and oxygen atoms in total. The monoisotopic (exact) mass is 301 g/mol. The molecule has 0 saturated heterocycles. The summed E-state index contributed by atoms with van der Waals surface area (Å²) in [5.41, 5.74) is 1.000. The molecular weight excluding hydrogens is 278 g/mol. The molecule has 22 heavy (non-hydrogen) atoms. The van der Waals surface area contributed by atoms with E-state index in [0.717, 1.165) is 17.2 Å². The summed E-state index contributed by atoms with van der Waals surface area (Å²) in [4.78, 5) is 20.5. The molecule has 0 fully saturated rings. The third kappa shape index (κ3) is 4.31. The minimum atomic E-state index is -0.174. The first-order valence-electron chi connectivity index (χ1n) is 7.33. The number of rotatable bonds is 4. The van der Waals surface area contributed by atoms with Gasteiger partial charge in [0.1, 0.15) is 11.6 Å². The van der Waals surface area contributed by atoms with Crippen molar-refractivity contribution in [1.29, 1.82) is 0 Å². The number of aryl methyl sites for hydroxylation is 1. The predicted octanol–water partition coefficient (Wildman–Crippen LogP) is 2.42. The van der Waals surface area contributed by atoms with E-state index in [2.05, 4.69) is 41.4 Å². The fraction of sp³-hybridized carbons (Fsp3) is 0.438. The maximum Gasteiger partial charge on any atom is 0.315 e. The van der Waals surface area contributed by atoms with Crippen molar-refractivity contribution in [3.8, 4) is 5.82 Å². The molecule has 0 saturated carbocycles. The summed E-state index contributed by atoms with van der Waals surface area (Å²) in [7, 11) is 0. The normalized spacial score (nSPS) is 11.3. The summed E-state index contributed by atoms with van der Waals surface area (Å²) in [5.74, 6) is 1.64. The van der Waals surface area contributed by atoms with E-state index >= 15 is 0 Å². The van der Waals surface area contributed by atoms with Gasteiger partial charge in [-0.15, -0.1) is 0 Å². The maximum atomic E-state index is 11.9. The Morgan fingerprint density at radius 1 is 1.23 bits per heavy atom. The van der Waals surface area contributed by atoms with E-state index in [4.69, 9.17) is 0 Å².